The number of primary sulfonamides is 1. The zero-order valence-electron chi connectivity index (χ0n) is 13.7. The Labute approximate surface area is 158 Å². The van der Waals surface area contributed by atoms with Crippen molar-refractivity contribution in [3.05, 3.63) is 24.3 Å². The van der Waals surface area contributed by atoms with Crippen molar-refractivity contribution in [3.63, 3.8) is 0 Å². The Hall–Kier alpha value is -1.97. The molecule has 138 valence electrons. The molecule has 1 heterocycles. The lowest BCUT2D eigenvalue weighted by Gasteiger charge is -2.34. The molecule has 0 aromatic heterocycles. The van der Waals surface area contributed by atoms with Crippen molar-refractivity contribution in [2.45, 2.75) is 24.0 Å². The van der Waals surface area contributed by atoms with Gasteiger partial charge in [-0.25, -0.2) is 13.6 Å². The molecular weight excluding hydrogens is 381 g/mol. The number of para-hydroxylation sites is 1. The van der Waals surface area contributed by atoms with Gasteiger partial charge in [0.15, 0.2) is 6.10 Å². The van der Waals surface area contributed by atoms with Gasteiger partial charge in [-0.1, -0.05) is 12.1 Å². The Balaban J connectivity index is 2.31. The second kappa shape index (κ2) is 8.15. The van der Waals surface area contributed by atoms with E-state index < -0.39 is 40.0 Å². The summed E-state index contributed by atoms with van der Waals surface area (Å²) in [6, 6.07) is 5.43. The fraction of sp³-hybridized carbons (Fsp3) is 0.357. The second-order valence-corrected chi connectivity index (χ2v) is 7.54. The zero-order valence-corrected chi connectivity index (χ0v) is 15.7. The first-order valence-corrected chi connectivity index (χ1v) is 9.45. The number of anilines is 1. The van der Waals surface area contributed by atoms with E-state index in [9.17, 15) is 22.8 Å². The Bertz CT molecular complexity index is 830. The van der Waals surface area contributed by atoms with Crippen LogP contribution in [0.1, 0.15) is 6.92 Å². The van der Waals surface area contributed by atoms with E-state index in [4.69, 9.17) is 14.6 Å². The molecule has 1 aromatic rings. The maximum atomic E-state index is 12.6. The molecule has 1 aromatic carbocycles. The van der Waals surface area contributed by atoms with Crippen LogP contribution < -0.4 is 10.5 Å². The van der Waals surface area contributed by atoms with Crippen LogP contribution in [0.25, 0.3) is 0 Å². The predicted octanol–water partition coefficient (Wildman–Crippen LogP) is -1.48. The van der Waals surface area contributed by atoms with E-state index in [1.807, 2.05) is 0 Å². The quantitative estimate of drug-likeness (QED) is 0.455. The molecule has 2 radical (unpaired) electrons. The molecule has 3 N–H and O–H groups in total. The van der Waals surface area contributed by atoms with Crippen LogP contribution in [-0.2, 0) is 33.9 Å². The van der Waals surface area contributed by atoms with E-state index in [-0.39, 0.29) is 17.2 Å². The highest BCUT2D eigenvalue weighted by atomic mass is 32.2. The lowest BCUT2D eigenvalue weighted by molar-refractivity contribution is -0.173. The number of hydrogen-bond donors (Lipinski definition) is 2. The van der Waals surface area contributed by atoms with Crippen molar-refractivity contribution in [1.82, 2.24) is 3.88 Å². The molecule has 1 saturated heterocycles. The molecule has 2 atom stereocenters. The van der Waals surface area contributed by atoms with Gasteiger partial charge in [0.05, 0.1) is 12.3 Å². The van der Waals surface area contributed by atoms with Crippen molar-refractivity contribution in [2.75, 3.05) is 18.5 Å². The Morgan fingerprint density at radius 3 is 2.69 bits per heavy atom. The Kier molecular flexibility index (Phi) is 6.38. The van der Waals surface area contributed by atoms with Gasteiger partial charge in [-0.05, 0) is 12.1 Å². The maximum Gasteiger partial charge on any atom is 0.315 e. The third-order valence-corrected chi connectivity index (χ3v) is 4.92. The summed E-state index contributed by atoms with van der Waals surface area (Å²) in [4.78, 5) is 35.9. The number of amides is 2. The number of nitrogens with zero attached hydrogens (tertiary/aromatic N) is 1. The smallest absolute Gasteiger partial charge is 0.315 e. The van der Waals surface area contributed by atoms with Crippen molar-refractivity contribution >= 4 is 50.0 Å². The number of sulfonamides is 1. The van der Waals surface area contributed by atoms with Crippen molar-refractivity contribution in [3.8, 4) is 0 Å². The highest BCUT2D eigenvalue weighted by Crippen LogP contribution is 2.21. The number of hydrogen-bond acceptors (Lipinski definition) is 7. The van der Waals surface area contributed by atoms with Crippen molar-refractivity contribution in [2.24, 2.45) is 5.14 Å². The number of esters is 1. The summed E-state index contributed by atoms with van der Waals surface area (Å²) in [5, 5.41) is 7.44. The van der Waals surface area contributed by atoms with Gasteiger partial charge in [0.2, 0.25) is 22.0 Å². The molecule has 0 unspecified atom stereocenters. The summed E-state index contributed by atoms with van der Waals surface area (Å²) in [7, 11) is -4.10. The molecule has 0 spiro atoms. The molecule has 2 amide bonds. The summed E-state index contributed by atoms with van der Waals surface area (Å²) in [6.07, 6.45) is -2.95. The predicted molar refractivity (Wildman–Crippen MR) is 89.2 cm³/mol. The van der Waals surface area contributed by atoms with E-state index in [1.54, 1.807) is 0 Å². The molecule has 0 aliphatic carbocycles. The van der Waals surface area contributed by atoms with Gasteiger partial charge in [-0.3, -0.25) is 14.4 Å². The largest absolute Gasteiger partial charge is 0.449 e. The summed E-state index contributed by atoms with van der Waals surface area (Å²) in [6.45, 7) is 1.51. The van der Waals surface area contributed by atoms with Crippen molar-refractivity contribution in [1.29, 1.82) is 0 Å². The summed E-state index contributed by atoms with van der Waals surface area (Å²) < 4.78 is 34.8. The molecule has 1 fully saturated rings. The number of morpholine rings is 1. The van der Waals surface area contributed by atoms with Gasteiger partial charge in [0, 0.05) is 13.5 Å². The first-order chi connectivity index (χ1) is 12.1. The normalized spacial score (nSPS) is 18.9. The minimum atomic E-state index is -4.10. The summed E-state index contributed by atoms with van der Waals surface area (Å²) >= 11 is 2.19. The third-order valence-electron chi connectivity index (χ3n) is 3.43. The fourth-order valence-corrected chi connectivity index (χ4v) is 3.24. The Morgan fingerprint density at radius 2 is 2.08 bits per heavy atom. The average molecular weight is 397 g/mol. The first-order valence-electron chi connectivity index (χ1n) is 7.39. The maximum absolute atomic E-state index is 12.6. The first kappa shape index (κ1) is 20.3. The lowest BCUT2D eigenvalue weighted by Crippen LogP contribution is -2.55. The number of nitrogens with one attached hydrogen (secondary N) is 1. The van der Waals surface area contributed by atoms with Crippen LogP contribution in [0.2, 0.25) is 0 Å². The van der Waals surface area contributed by atoms with Crippen molar-refractivity contribution < 1.29 is 32.3 Å². The summed E-state index contributed by atoms with van der Waals surface area (Å²) in [5.74, 6) is -2.29. The number of carbonyl (C=O) groups excluding carboxylic acids is 3. The number of carbonyl (C=O) groups is 3. The highest BCUT2D eigenvalue weighted by molar-refractivity contribution is 7.89. The highest BCUT2D eigenvalue weighted by Gasteiger charge is 2.40. The number of benzene rings is 1. The van der Waals surface area contributed by atoms with Gasteiger partial charge in [0.25, 0.3) is 5.91 Å². The van der Waals surface area contributed by atoms with Gasteiger partial charge < -0.3 is 18.7 Å². The molecule has 26 heavy (non-hydrogen) atoms. The van der Waals surface area contributed by atoms with E-state index in [2.05, 4.69) is 21.8 Å². The molecule has 1 aliphatic heterocycles. The minimum absolute atomic E-state index is 0.108. The Morgan fingerprint density at radius 1 is 1.42 bits per heavy atom. The average Bonchev–Trinajstić information content (AvgIpc) is 2.55. The van der Waals surface area contributed by atoms with Crippen LogP contribution >= 0.6 is 0 Å². The molecule has 12 heteroatoms. The SMILES string of the molecule is CC(=O)O[C@@H](C(=O)Nc1ccccc1S(N)(=O)=O)[C@H]1OCC[N]([Al])C1=O. The molecule has 0 bridgehead atoms. The van der Waals surface area contributed by atoms with Crippen LogP contribution in [0, 0.1) is 0 Å². The molecule has 10 nitrogen and oxygen atoms in total. The summed E-state index contributed by atoms with van der Waals surface area (Å²) in [5.41, 5.74) is -0.108. The fourth-order valence-electron chi connectivity index (χ4n) is 2.29. The second-order valence-electron chi connectivity index (χ2n) is 5.38. The third kappa shape index (κ3) is 4.81. The van der Waals surface area contributed by atoms with E-state index in [0.29, 0.717) is 6.54 Å². The molecule has 0 saturated carbocycles. The molecule has 2 rings (SSSR count). The van der Waals surface area contributed by atoms with Crippen LogP contribution in [0.4, 0.5) is 5.69 Å². The van der Waals surface area contributed by atoms with E-state index in [0.717, 1.165) is 6.92 Å². The number of rotatable bonds is 5. The van der Waals surface area contributed by atoms with E-state index in [1.165, 1.54) is 28.1 Å². The van der Waals surface area contributed by atoms with Gasteiger partial charge in [-0.15, -0.1) is 0 Å². The van der Waals surface area contributed by atoms with Gasteiger partial charge >= 0.3 is 22.5 Å². The minimum Gasteiger partial charge on any atom is -0.449 e. The number of nitrogens with two attached hydrogens (primary N) is 1. The number of ether oxygens (including phenoxy) is 2. The monoisotopic (exact) mass is 397 g/mol. The molecular formula is C14H16AlN3O7S. The topological polar surface area (TPSA) is 145 Å². The van der Waals surface area contributed by atoms with Gasteiger partial charge in [0.1, 0.15) is 4.90 Å². The van der Waals surface area contributed by atoms with Crippen LogP contribution in [0.5, 0.6) is 0 Å². The molecule has 1 aliphatic rings. The van der Waals surface area contributed by atoms with Gasteiger partial charge in [-0.2, -0.15) is 0 Å². The van der Waals surface area contributed by atoms with Crippen LogP contribution in [-0.4, -0.2) is 72.0 Å². The van der Waals surface area contributed by atoms with Crippen LogP contribution in [0.3, 0.4) is 0 Å². The lowest BCUT2D eigenvalue weighted by atomic mass is 10.1. The zero-order chi connectivity index (χ0) is 19.5. The van der Waals surface area contributed by atoms with E-state index >= 15 is 0 Å². The van der Waals surface area contributed by atoms with Crippen LogP contribution in [0.15, 0.2) is 29.2 Å². The standard InChI is InChI=1S/C14H17N3O7S.Al/c1-8(18)24-12(11-13(19)16-6-7-23-11)14(20)17-9-4-2-3-5-10(9)25(15,21)22;/h2-5,11-12H,6-7H2,1H3,(H4,15,16,17,19,20,21,22);/q;+1/p-1/t11-,12-;/m1./s1.